The first-order valence-electron chi connectivity index (χ1n) is 10.7. The van der Waals surface area contributed by atoms with Crippen molar-refractivity contribution in [1.82, 2.24) is 10.2 Å². The van der Waals surface area contributed by atoms with Gasteiger partial charge in [0.15, 0.2) is 0 Å². The van der Waals surface area contributed by atoms with Gasteiger partial charge in [0.05, 0.1) is 29.3 Å². The maximum Gasteiger partial charge on any atom is 0.417 e. The van der Waals surface area contributed by atoms with Crippen molar-refractivity contribution in [3.05, 3.63) is 64.2 Å². The predicted molar refractivity (Wildman–Crippen MR) is 117 cm³/mol. The van der Waals surface area contributed by atoms with Crippen LogP contribution in [0.5, 0.6) is 5.75 Å². The Morgan fingerprint density at radius 2 is 1.88 bits per heavy atom. The zero-order chi connectivity index (χ0) is 23.1. The van der Waals surface area contributed by atoms with Gasteiger partial charge in [0.2, 0.25) is 0 Å². The number of benzene rings is 2. The minimum atomic E-state index is -4.64. The number of piperidine rings is 2. The minimum Gasteiger partial charge on any atom is -0.496 e. The first-order chi connectivity index (χ1) is 15.2. The molecule has 1 atom stereocenters. The van der Waals surface area contributed by atoms with Gasteiger partial charge in [-0.05, 0) is 56.8 Å². The summed E-state index contributed by atoms with van der Waals surface area (Å²) >= 11 is 6.05. The highest BCUT2D eigenvalue weighted by Crippen LogP contribution is 2.50. The highest BCUT2D eigenvalue weighted by atomic mass is 35.5. The van der Waals surface area contributed by atoms with E-state index in [1.165, 1.54) is 12.1 Å². The van der Waals surface area contributed by atoms with Crippen molar-refractivity contribution in [3.63, 3.8) is 0 Å². The van der Waals surface area contributed by atoms with E-state index < -0.39 is 28.7 Å². The molecule has 32 heavy (non-hydrogen) atoms. The molecule has 2 aromatic rings. The standard InChI is InChI=1S/C24H26ClF3N2O2/c1-30-14-15-10-12-23(30,13-11-15)21(16-6-3-4-9-19(16)32-2)29-22(31)17-7-5-8-18(20(17)25)24(26,27)28/h3-9,15,21H,10-14H2,1-2H3,(H,29,31). The summed E-state index contributed by atoms with van der Waals surface area (Å²) in [4.78, 5) is 15.6. The number of amides is 1. The highest BCUT2D eigenvalue weighted by Gasteiger charge is 2.51. The zero-order valence-electron chi connectivity index (χ0n) is 18.0. The van der Waals surface area contributed by atoms with Gasteiger partial charge < -0.3 is 10.1 Å². The molecule has 0 aromatic heterocycles. The molecule has 1 unspecified atom stereocenters. The number of para-hydroxylation sites is 1. The van der Waals surface area contributed by atoms with E-state index >= 15 is 0 Å². The van der Waals surface area contributed by atoms with Crippen LogP contribution in [0, 0.1) is 5.92 Å². The molecule has 1 amide bonds. The van der Waals surface area contributed by atoms with Crippen LogP contribution in [0.2, 0.25) is 5.02 Å². The molecule has 1 aliphatic carbocycles. The molecule has 8 heteroatoms. The summed E-state index contributed by atoms with van der Waals surface area (Å²) in [6, 6.07) is 10.4. The van der Waals surface area contributed by atoms with Crippen LogP contribution in [-0.4, -0.2) is 37.0 Å². The average molecular weight is 467 g/mol. The molecule has 1 saturated carbocycles. The van der Waals surface area contributed by atoms with Crippen LogP contribution in [0.15, 0.2) is 42.5 Å². The molecule has 5 rings (SSSR count). The zero-order valence-corrected chi connectivity index (χ0v) is 18.8. The monoisotopic (exact) mass is 466 g/mol. The number of alkyl halides is 3. The summed E-state index contributed by atoms with van der Waals surface area (Å²) < 4.78 is 45.6. The topological polar surface area (TPSA) is 41.6 Å². The lowest BCUT2D eigenvalue weighted by atomic mass is 9.65. The third-order valence-corrected chi connectivity index (χ3v) is 7.48. The van der Waals surface area contributed by atoms with Crippen molar-refractivity contribution in [2.45, 2.75) is 43.4 Å². The molecule has 3 fully saturated rings. The van der Waals surface area contributed by atoms with Crippen molar-refractivity contribution in [3.8, 4) is 5.75 Å². The number of methoxy groups -OCH3 is 1. The van der Waals surface area contributed by atoms with Gasteiger partial charge >= 0.3 is 6.18 Å². The molecule has 2 aromatic carbocycles. The summed E-state index contributed by atoms with van der Waals surface area (Å²) in [6.45, 7) is 0.922. The Bertz CT molecular complexity index is 1000. The largest absolute Gasteiger partial charge is 0.496 e. The second-order valence-electron chi connectivity index (χ2n) is 8.74. The Balaban J connectivity index is 1.76. The lowest BCUT2D eigenvalue weighted by Gasteiger charge is -2.57. The Hall–Kier alpha value is -2.25. The van der Waals surface area contributed by atoms with Crippen LogP contribution >= 0.6 is 11.6 Å². The molecule has 1 N–H and O–H groups in total. The summed E-state index contributed by atoms with van der Waals surface area (Å²) in [5.74, 6) is 0.629. The van der Waals surface area contributed by atoms with Gasteiger partial charge in [-0.3, -0.25) is 9.69 Å². The van der Waals surface area contributed by atoms with E-state index in [1.54, 1.807) is 7.11 Å². The van der Waals surface area contributed by atoms with Crippen LogP contribution in [0.1, 0.15) is 53.2 Å². The van der Waals surface area contributed by atoms with Crippen LogP contribution in [0.4, 0.5) is 13.2 Å². The van der Waals surface area contributed by atoms with Gasteiger partial charge in [0.1, 0.15) is 5.75 Å². The molecule has 2 saturated heterocycles. The van der Waals surface area contributed by atoms with Crippen LogP contribution in [0.3, 0.4) is 0 Å². The van der Waals surface area contributed by atoms with Gasteiger partial charge in [-0.15, -0.1) is 0 Å². The maximum absolute atomic E-state index is 13.3. The van der Waals surface area contributed by atoms with Gasteiger partial charge in [0.25, 0.3) is 5.91 Å². The third-order valence-electron chi connectivity index (χ3n) is 7.07. The van der Waals surface area contributed by atoms with Crippen molar-refractivity contribution >= 4 is 17.5 Å². The Morgan fingerprint density at radius 1 is 1.19 bits per heavy atom. The van der Waals surface area contributed by atoms with Crippen LogP contribution in [0.25, 0.3) is 0 Å². The highest BCUT2D eigenvalue weighted by molar-refractivity contribution is 6.34. The van der Waals surface area contributed by atoms with E-state index in [1.807, 2.05) is 24.3 Å². The molecule has 2 aliphatic heterocycles. The first kappa shape index (κ1) is 22.9. The third kappa shape index (κ3) is 3.97. The van der Waals surface area contributed by atoms with Gasteiger partial charge in [-0.25, -0.2) is 0 Å². The van der Waals surface area contributed by atoms with E-state index in [0.717, 1.165) is 43.9 Å². The number of nitrogens with one attached hydrogen (secondary N) is 1. The van der Waals surface area contributed by atoms with E-state index in [-0.39, 0.29) is 11.1 Å². The summed E-state index contributed by atoms with van der Waals surface area (Å²) in [5, 5.41) is 2.46. The van der Waals surface area contributed by atoms with E-state index in [2.05, 4.69) is 17.3 Å². The molecular weight excluding hydrogens is 441 g/mol. The molecule has 0 radical (unpaired) electrons. The van der Waals surface area contributed by atoms with Gasteiger partial charge in [-0.1, -0.05) is 35.9 Å². The Labute approximate surface area is 190 Å². The molecular formula is C24H26ClF3N2O2. The molecule has 172 valence electrons. The van der Waals surface area contributed by atoms with E-state index in [4.69, 9.17) is 16.3 Å². The van der Waals surface area contributed by atoms with Crippen LogP contribution in [-0.2, 0) is 6.18 Å². The molecule has 3 aliphatic rings. The van der Waals surface area contributed by atoms with Gasteiger partial charge in [-0.2, -0.15) is 13.2 Å². The summed E-state index contributed by atoms with van der Waals surface area (Å²) in [5.41, 5.74) is -0.759. The van der Waals surface area contributed by atoms with E-state index in [0.29, 0.717) is 11.7 Å². The second kappa shape index (κ2) is 8.60. The normalized spacial score (nSPS) is 24.2. The minimum absolute atomic E-state index is 0.190. The number of ether oxygens (including phenoxy) is 1. The molecule has 4 nitrogen and oxygen atoms in total. The molecule has 2 heterocycles. The lowest BCUT2D eigenvalue weighted by molar-refractivity contribution is -0.137. The van der Waals surface area contributed by atoms with E-state index in [9.17, 15) is 18.0 Å². The fourth-order valence-corrected chi connectivity index (χ4v) is 5.68. The lowest BCUT2D eigenvalue weighted by Crippen LogP contribution is -2.62. The number of nitrogens with zero attached hydrogens (tertiary/aromatic N) is 1. The summed E-state index contributed by atoms with van der Waals surface area (Å²) in [7, 11) is 3.62. The average Bonchev–Trinajstić information content (AvgIpc) is 2.77. The number of fused-ring (bicyclic) bond motifs is 3. The SMILES string of the molecule is COc1ccccc1C(NC(=O)c1cccc(C(F)(F)F)c1Cl)C12CCC(CC1)CN2C. The number of carbonyl (C=O) groups is 1. The number of hydrogen-bond acceptors (Lipinski definition) is 3. The fraction of sp³-hybridized carbons (Fsp3) is 0.458. The van der Waals surface area contributed by atoms with Gasteiger partial charge in [0, 0.05) is 17.6 Å². The Morgan fingerprint density at radius 3 is 2.50 bits per heavy atom. The smallest absolute Gasteiger partial charge is 0.417 e. The predicted octanol–water partition coefficient (Wildman–Crippen LogP) is 5.71. The number of halogens is 4. The van der Waals surface area contributed by atoms with Crippen molar-refractivity contribution in [2.75, 3.05) is 20.7 Å². The number of likely N-dealkylation sites (N-methyl/N-ethyl adjacent to an activating group) is 1. The van der Waals surface area contributed by atoms with Crippen molar-refractivity contribution in [2.24, 2.45) is 5.92 Å². The fourth-order valence-electron chi connectivity index (χ4n) is 5.36. The molecule has 2 bridgehead atoms. The van der Waals surface area contributed by atoms with Crippen molar-refractivity contribution in [1.29, 1.82) is 0 Å². The summed E-state index contributed by atoms with van der Waals surface area (Å²) in [6.07, 6.45) is -0.774. The number of hydrogen-bond donors (Lipinski definition) is 1. The van der Waals surface area contributed by atoms with Crippen molar-refractivity contribution < 1.29 is 22.7 Å². The molecule has 0 spiro atoms. The van der Waals surface area contributed by atoms with Crippen LogP contribution < -0.4 is 10.1 Å². The first-order valence-corrected chi connectivity index (χ1v) is 11.1. The number of carbonyl (C=O) groups excluding carboxylic acids is 1. The number of rotatable bonds is 5. The second-order valence-corrected chi connectivity index (χ2v) is 9.12. The Kier molecular flexibility index (Phi) is 6.16. The quantitative estimate of drug-likeness (QED) is 0.613. The maximum atomic E-state index is 13.3.